The largest absolute Gasteiger partial charge is 0.301 e. The molecule has 0 bridgehead atoms. The van der Waals surface area contributed by atoms with Crippen molar-refractivity contribution in [3.05, 3.63) is 64.9 Å². The Kier molecular flexibility index (Phi) is 4.59. The highest BCUT2D eigenvalue weighted by molar-refractivity contribution is 6.30. The van der Waals surface area contributed by atoms with Crippen LogP contribution in [0.1, 0.15) is 11.1 Å². The molecule has 0 aliphatic heterocycles. The lowest BCUT2D eigenvalue weighted by molar-refractivity contribution is -0.111. The van der Waals surface area contributed by atoms with E-state index in [1.54, 1.807) is 36.7 Å². The molecule has 0 aliphatic carbocycles. The Morgan fingerprint density at radius 3 is 2.58 bits per heavy atom. The highest BCUT2D eigenvalue weighted by Crippen LogP contribution is 2.24. The lowest BCUT2D eigenvalue weighted by atomic mass is 10.1. The molecular weight excluding hydrogens is 324 g/mol. The molecule has 0 saturated carbocycles. The van der Waals surface area contributed by atoms with Gasteiger partial charge in [0.05, 0.1) is 5.69 Å². The molecule has 0 saturated heterocycles. The van der Waals surface area contributed by atoms with Crippen LogP contribution in [0, 0.1) is 18.8 Å². The summed E-state index contributed by atoms with van der Waals surface area (Å²) < 4.78 is 0. The second kappa shape index (κ2) is 6.99. The van der Waals surface area contributed by atoms with Crippen molar-refractivity contribution in [2.24, 2.45) is 0 Å². The smallest absolute Gasteiger partial charge is 0.300 e. The van der Waals surface area contributed by atoms with Crippen molar-refractivity contribution in [3.63, 3.8) is 0 Å². The fraction of sp³-hybridized carbons (Fsp3) is 0.0556. The van der Waals surface area contributed by atoms with E-state index in [0.29, 0.717) is 16.4 Å². The minimum absolute atomic E-state index is 0.419. The Hall–Kier alpha value is -3.10. The quantitative estimate of drug-likeness (QED) is 0.704. The number of aromatic nitrogens is 3. The third-order valence-corrected chi connectivity index (χ3v) is 3.62. The van der Waals surface area contributed by atoms with Gasteiger partial charge < -0.3 is 0 Å². The number of aromatic amines is 1. The summed E-state index contributed by atoms with van der Waals surface area (Å²) in [6.07, 6.45) is 3.39. The van der Waals surface area contributed by atoms with Gasteiger partial charge in [0, 0.05) is 40.0 Å². The second-order valence-electron chi connectivity index (χ2n) is 5.02. The number of H-pyrrole nitrogens is 1. The van der Waals surface area contributed by atoms with E-state index in [1.165, 1.54) is 0 Å². The zero-order valence-electron chi connectivity index (χ0n) is 12.8. The molecule has 1 aromatic carbocycles. The number of halogens is 1. The average molecular weight is 337 g/mol. The van der Waals surface area contributed by atoms with Gasteiger partial charge in [-0.3, -0.25) is 20.2 Å². The van der Waals surface area contributed by atoms with Crippen LogP contribution in [0.4, 0.5) is 5.82 Å². The molecule has 0 spiro atoms. The summed E-state index contributed by atoms with van der Waals surface area (Å²) in [6.45, 7) is 1.88. The molecule has 2 aromatic heterocycles. The Bertz CT molecular complexity index is 921. The number of amides is 1. The Labute approximate surface area is 144 Å². The maximum Gasteiger partial charge on any atom is 0.301 e. The van der Waals surface area contributed by atoms with E-state index in [2.05, 4.69) is 32.3 Å². The van der Waals surface area contributed by atoms with Crippen LogP contribution < -0.4 is 5.32 Å². The van der Waals surface area contributed by atoms with Gasteiger partial charge in [0.15, 0.2) is 0 Å². The molecule has 0 fully saturated rings. The highest BCUT2D eigenvalue weighted by atomic mass is 35.5. The predicted molar refractivity (Wildman–Crippen MR) is 93.5 cm³/mol. The molecule has 3 rings (SSSR count). The minimum atomic E-state index is -0.419. The highest BCUT2D eigenvalue weighted by Gasteiger charge is 2.12. The fourth-order valence-electron chi connectivity index (χ4n) is 2.12. The van der Waals surface area contributed by atoms with E-state index in [0.717, 1.165) is 16.8 Å². The number of nitrogens with zero attached hydrogens (tertiary/aromatic N) is 2. The normalized spacial score (nSPS) is 9.92. The van der Waals surface area contributed by atoms with Gasteiger partial charge in [0.2, 0.25) is 0 Å². The second-order valence-corrected chi connectivity index (χ2v) is 5.46. The molecule has 0 atom stereocenters. The first-order valence-corrected chi connectivity index (χ1v) is 7.55. The summed E-state index contributed by atoms with van der Waals surface area (Å²) in [5.74, 6) is 5.44. The number of rotatable bonds is 2. The number of nitrogens with one attached hydrogen (secondary N) is 2. The van der Waals surface area contributed by atoms with E-state index in [1.807, 2.05) is 19.1 Å². The number of anilines is 1. The van der Waals surface area contributed by atoms with Crippen molar-refractivity contribution in [1.29, 1.82) is 0 Å². The topological polar surface area (TPSA) is 70.7 Å². The number of carbonyl (C=O) groups excluding carboxylic acids is 1. The van der Waals surface area contributed by atoms with Crippen molar-refractivity contribution >= 4 is 23.3 Å². The monoisotopic (exact) mass is 336 g/mol. The van der Waals surface area contributed by atoms with E-state index < -0.39 is 5.91 Å². The van der Waals surface area contributed by atoms with Crippen molar-refractivity contribution in [2.45, 2.75) is 6.92 Å². The summed E-state index contributed by atoms with van der Waals surface area (Å²) in [5.41, 5.74) is 3.24. The van der Waals surface area contributed by atoms with Crippen LogP contribution in [-0.2, 0) is 4.79 Å². The summed E-state index contributed by atoms with van der Waals surface area (Å²) in [5, 5.41) is 10.4. The number of benzene rings is 1. The Balaban J connectivity index is 1.74. The lowest BCUT2D eigenvalue weighted by Gasteiger charge is -2.00. The van der Waals surface area contributed by atoms with Crippen LogP contribution in [0.3, 0.4) is 0 Å². The predicted octanol–water partition coefficient (Wildman–Crippen LogP) is 3.42. The van der Waals surface area contributed by atoms with Crippen LogP contribution in [-0.4, -0.2) is 21.1 Å². The van der Waals surface area contributed by atoms with Crippen molar-refractivity contribution < 1.29 is 4.79 Å². The van der Waals surface area contributed by atoms with Gasteiger partial charge in [-0.05, 0) is 43.3 Å². The molecule has 2 N–H and O–H groups in total. The van der Waals surface area contributed by atoms with Crippen LogP contribution >= 0.6 is 11.6 Å². The maximum atomic E-state index is 12.0. The zero-order valence-corrected chi connectivity index (χ0v) is 13.6. The van der Waals surface area contributed by atoms with Crippen LogP contribution in [0.5, 0.6) is 0 Å². The standard InChI is InChI=1S/C18H13ClN4O/c1-12-17(14-8-10-20-11-9-14)22-23-18(12)21-16(24)7-4-13-2-5-15(19)6-3-13/h2-3,5-6,8-11H,1H3,(H2,21,22,23,24). The van der Waals surface area contributed by atoms with Crippen LogP contribution in [0.25, 0.3) is 11.3 Å². The zero-order chi connectivity index (χ0) is 16.9. The Morgan fingerprint density at radius 1 is 1.17 bits per heavy atom. The first-order chi connectivity index (χ1) is 11.6. The van der Waals surface area contributed by atoms with Gasteiger partial charge in [-0.15, -0.1) is 0 Å². The van der Waals surface area contributed by atoms with Crippen molar-refractivity contribution in [1.82, 2.24) is 15.2 Å². The van der Waals surface area contributed by atoms with Crippen molar-refractivity contribution in [2.75, 3.05) is 5.32 Å². The number of carbonyl (C=O) groups is 1. The number of hydrogen-bond donors (Lipinski definition) is 2. The van der Waals surface area contributed by atoms with Gasteiger partial charge in [-0.25, -0.2) is 0 Å². The summed E-state index contributed by atoms with van der Waals surface area (Å²) in [6, 6.07) is 10.7. The summed E-state index contributed by atoms with van der Waals surface area (Å²) in [4.78, 5) is 16.0. The van der Waals surface area contributed by atoms with E-state index in [9.17, 15) is 4.79 Å². The molecular formula is C18H13ClN4O. The number of pyridine rings is 1. The van der Waals surface area contributed by atoms with E-state index >= 15 is 0 Å². The average Bonchev–Trinajstić information content (AvgIpc) is 2.96. The molecule has 0 radical (unpaired) electrons. The molecule has 2 heterocycles. The SMILES string of the molecule is Cc1c(-c2ccncc2)n[nH]c1NC(=O)C#Cc1ccc(Cl)cc1. The van der Waals surface area contributed by atoms with Gasteiger partial charge in [-0.2, -0.15) is 5.10 Å². The molecule has 1 amide bonds. The lowest BCUT2D eigenvalue weighted by Crippen LogP contribution is -2.09. The van der Waals surface area contributed by atoms with Crippen molar-refractivity contribution in [3.8, 4) is 23.1 Å². The fourth-order valence-corrected chi connectivity index (χ4v) is 2.24. The molecule has 118 valence electrons. The number of hydrogen-bond acceptors (Lipinski definition) is 3. The van der Waals surface area contributed by atoms with Gasteiger partial charge >= 0.3 is 5.91 Å². The first-order valence-electron chi connectivity index (χ1n) is 7.17. The first kappa shape index (κ1) is 15.8. The molecule has 6 heteroatoms. The summed E-state index contributed by atoms with van der Waals surface area (Å²) >= 11 is 5.81. The van der Waals surface area contributed by atoms with Gasteiger partial charge in [0.25, 0.3) is 0 Å². The van der Waals surface area contributed by atoms with E-state index in [-0.39, 0.29) is 0 Å². The third kappa shape index (κ3) is 3.62. The molecule has 24 heavy (non-hydrogen) atoms. The minimum Gasteiger partial charge on any atom is -0.300 e. The summed E-state index contributed by atoms with van der Waals surface area (Å²) in [7, 11) is 0. The van der Waals surface area contributed by atoms with Crippen LogP contribution in [0.15, 0.2) is 48.8 Å². The maximum absolute atomic E-state index is 12.0. The Morgan fingerprint density at radius 2 is 1.88 bits per heavy atom. The molecule has 3 aromatic rings. The van der Waals surface area contributed by atoms with E-state index in [4.69, 9.17) is 11.6 Å². The molecule has 0 unspecified atom stereocenters. The van der Waals surface area contributed by atoms with Gasteiger partial charge in [0.1, 0.15) is 5.82 Å². The van der Waals surface area contributed by atoms with Crippen LogP contribution in [0.2, 0.25) is 5.02 Å². The van der Waals surface area contributed by atoms with Gasteiger partial charge in [-0.1, -0.05) is 17.5 Å². The molecule has 0 aliphatic rings. The third-order valence-electron chi connectivity index (χ3n) is 3.37. The molecule has 5 nitrogen and oxygen atoms in total.